The maximum atomic E-state index is 10.2. The lowest BCUT2D eigenvalue weighted by Gasteiger charge is -2.14. The maximum absolute atomic E-state index is 10.2. The van der Waals surface area contributed by atoms with Crippen molar-refractivity contribution in [2.45, 2.75) is 12.2 Å². The summed E-state index contributed by atoms with van der Waals surface area (Å²) in [7, 11) is 0. The molecule has 0 saturated carbocycles. The Morgan fingerprint density at radius 2 is 1.56 bits per heavy atom. The second-order valence-electron chi connectivity index (χ2n) is 3.93. The Hall–Kier alpha value is -1.80. The zero-order valence-corrected chi connectivity index (χ0v) is 8.71. The fourth-order valence-corrected chi connectivity index (χ4v) is 2.09. The molecule has 0 saturated heterocycles. The van der Waals surface area contributed by atoms with Gasteiger partial charge in [-0.15, -0.1) is 0 Å². The number of aliphatic hydroxyl groups is 1. The Labute approximate surface area is 94.1 Å². The average Bonchev–Trinajstić information content (AvgIpc) is 2.69. The SMILES string of the molecule is O[C@H]1c2ccccc2O[C@H]1c1ccccc1. The van der Waals surface area contributed by atoms with E-state index in [-0.39, 0.29) is 6.10 Å². The van der Waals surface area contributed by atoms with Crippen LogP contribution in [-0.2, 0) is 0 Å². The molecule has 2 aromatic carbocycles. The van der Waals surface area contributed by atoms with E-state index < -0.39 is 6.10 Å². The van der Waals surface area contributed by atoms with Crippen molar-refractivity contribution in [2.24, 2.45) is 0 Å². The monoisotopic (exact) mass is 212 g/mol. The van der Waals surface area contributed by atoms with Gasteiger partial charge in [0.05, 0.1) is 0 Å². The molecule has 1 heterocycles. The molecule has 0 amide bonds. The van der Waals surface area contributed by atoms with E-state index in [4.69, 9.17) is 4.74 Å². The molecule has 1 aliphatic heterocycles. The number of aliphatic hydroxyl groups excluding tert-OH is 1. The Bertz CT molecular complexity index is 493. The van der Waals surface area contributed by atoms with Crippen molar-refractivity contribution >= 4 is 0 Å². The molecule has 0 fully saturated rings. The number of ether oxygens (including phenoxy) is 1. The van der Waals surface area contributed by atoms with E-state index in [1.54, 1.807) is 0 Å². The fraction of sp³-hybridized carbons (Fsp3) is 0.143. The van der Waals surface area contributed by atoms with Gasteiger partial charge in [-0.1, -0.05) is 48.5 Å². The quantitative estimate of drug-likeness (QED) is 0.787. The Morgan fingerprint density at radius 1 is 0.875 bits per heavy atom. The zero-order chi connectivity index (χ0) is 11.0. The smallest absolute Gasteiger partial charge is 0.154 e. The molecule has 2 atom stereocenters. The molecule has 2 heteroatoms. The summed E-state index contributed by atoms with van der Waals surface area (Å²) in [6.07, 6.45) is -0.850. The molecule has 0 spiro atoms. The summed E-state index contributed by atoms with van der Waals surface area (Å²) in [6.45, 7) is 0. The van der Waals surface area contributed by atoms with Crippen LogP contribution in [0.1, 0.15) is 23.3 Å². The Balaban J connectivity index is 1.99. The van der Waals surface area contributed by atoms with Crippen molar-refractivity contribution < 1.29 is 9.84 Å². The number of para-hydroxylation sites is 1. The molecule has 2 nitrogen and oxygen atoms in total. The summed E-state index contributed by atoms with van der Waals surface area (Å²) >= 11 is 0. The first kappa shape index (κ1) is 9.43. The van der Waals surface area contributed by atoms with Gasteiger partial charge in [-0.3, -0.25) is 0 Å². The minimum absolute atomic E-state index is 0.279. The number of benzene rings is 2. The van der Waals surface area contributed by atoms with Crippen LogP contribution < -0.4 is 4.74 Å². The van der Waals surface area contributed by atoms with Crippen LogP contribution in [0.2, 0.25) is 0 Å². The first-order chi connectivity index (χ1) is 7.86. The van der Waals surface area contributed by atoms with Crippen LogP contribution in [0.15, 0.2) is 54.6 Å². The van der Waals surface area contributed by atoms with Crippen molar-refractivity contribution in [1.82, 2.24) is 0 Å². The molecule has 1 aliphatic rings. The molecule has 3 rings (SSSR count). The summed E-state index contributed by atoms with van der Waals surface area (Å²) in [6, 6.07) is 17.4. The molecule has 0 aliphatic carbocycles. The molecule has 2 aromatic rings. The van der Waals surface area contributed by atoms with Crippen LogP contribution in [0.4, 0.5) is 0 Å². The molecular weight excluding hydrogens is 200 g/mol. The van der Waals surface area contributed by atoms with E-state index in [0.29, 0.717) is 0 Å². The van der Waals surface area contributed by atoms with E-state index in [1.807, 2.05) is 54.6 Å². The highest BCUT2D eigenvalue weighted by atomic mass is 16.5. The van der Waals surface area contributed by atoms with Crippen LogP contribution in [0, 0.1) is 0 Å². The molecule has 0 aromatic heterocycles. The lowest BCUT2D eigenvalue weighted by Crippen LogP contribution is -2.08. The van der Waals surface area contributed by atoms with Crippen molar-refractivity contribution in [3.05, 3.63) is 65.7 Å². The van der Waals surface area contributed by atoms with E-state index in [0.717, 1.165) is 16.9 Å². The Kier molecular flexibility index (Phi) is 2.15. The molecule has 0 radical (unpaired) electrons. The van der Waals surface area contributed by atoms with Crippen molar-refractivity contribution in [2.75, 3.05) is 0 Å². The van der Waals surface area contributed by atoms with Gasteiger partial charge in [-0.05, 0) is 11.6 Å². The van der Waals surface area contributed by atoms with Gasteiger partial charge in [0.25, 0.3) is 0 Å². The topological polar surface area (TPSA) is 29.5 Å². The molecule has 1 N–H and O–H groups in total. The lowest BCUT2D eigenvalue weighted by molar-refractivity contribution is 0.0674. The third kappa shape index (κ3) is 1.39. The van der Waals surface area contributed by atoms with Crippen LogP contribution in [0.25, 0.3) is 0 Å². The standard InChI is InChI=1S/C14H12O2/c15-13-11-8-4-5-9-12(11)16-14(13)10-6-2-1-3-7-10/h1-9,13-15H/t13-,14-/m0/s1. The van der Waals surface area contributed by atoms with Crippen molar-refractivity contribution in [3.8, 4) is 5.75 Å². The Morgan fingerprint density at radius 3 is 2.31 bits per heavy atom. The number of fused-ring (bicyclic) bond motifs is 1. The summed E-state index contributed by atoms with van der Waals surface area (Å²) in [5.41, 5.74) is 1.88. The largest absolute Gasteiger partial charge is 0.482 e. The summed E-state index contributed by atoms with van der Waals surface area (Å²) in [4.78, 5) is 0. The number of hydrogen-bond acceptors (Lipinski definition) is 2. The minimum atomic E-state index is -0.571. The molecule has 16 heavy (non-hydrogen) atoms. The predicted octanol–water partition coefficient (Wildman–Crippen LogP) is 2.85. The third-order valence-electron chi connectivity index (χ3n) is 2.91. The summed E-state index contributed by atoms with van der Waals surface area (Å²) in [5.74, 6) is 0.781. The zero-order valence-electron chi connectivity index (χ0n) is 8.71. The molecule has 80 valence electrons. The van der Waals surface area contributed by atoms with Gasteiger partial charge >= 0.3 is 0 Å². The molecule has 0 unspecified atom stereocenters. The van der Waals surface area contributed by atoms with Crippen LogP contribution in [0.5, 0.6) is 5.75 Å². The van der Waals surface area contributed by atoms with E-state index in [9.17, 15) is 5.11 Å². The highest BCUT2D eigenvalue weighted by molar-refractivity contribution is 5.41. The van der Waals surface area contributed by atoms with Crippen molar-refractivity contribution in [1.29, 1.82) is 0 Å². The van der Waals surface area contributed by atoms with E-state index in [1.165, 1.54) is 0 Å². The first-order valence-corrected chi connectivity index (χ1v) is 5.35. The van der Waals surface area contributed by atoms with Gasteiger partial charge in [0.2, 0.25) is 0 Å². The predicted molar refractivity (Wildman–Crippen MR) is 61.2 cm³/mol. The van der Waals surface area contributed by atoms with Crippen LogP contribution >= 0.6 is 0 Å². The highest BCUT2D eigenvalue weighted by Crippen LogP contribution is 2.43. The summed E-state index contributed by atoms with van der Waals surface area (Å²) in [5, 5.41) is 10.2. The van der Waals surface area contributed by atoms with Gasteiger partial charge in [-0.25, -0.2) is 0 Å². The lowest BCUT2D eigenvalue weighted by atomic mass is 10.0. The third-order valence-corrected chi connectivity index (χ3v) is 2.91. The van der Waals surface area contributed by atoms with Gasteiger partial charge in [-0.2, -0.15) is 0 Å². The first-order valence-electron chi connectivity index (χ1n) is 5.35. The average molecular weight is 212 g/mol. The van der Waals surface area contributed by atoms with Gasteiger partial charge < -0.3 is 9.84 Å². The fourth-order valence-electron chi connectivity index (χ4n) is 2.09. The van der Waals surface area contributed by atoms with Gasteiger partial charge in [0, 0.05) is 5.56 Å². The number of rotatable bonds is 1. The minimum Gasteiger partial charge on any atom is -0.482 e. The van der Waals surface area contributed by atoms with E-state index >= 15 is 0 Å². The number of hydrogen-bond donors (Lipinski definition) is 1. The maximum Gasteiger partial charge on any atom is 0.154 e. The molecule has 0 bridgehead atoms. The normalized spacial score (nSPS) is 22.6. The van der Waals surface area contributed by atoms with Gasteiger partial charge in [0.1, 0.15) is 11.9 Å². The summed E-state index contributed by atoms with van der Waals surface area (Å²) < 4.78 is 5.76. The van der Waals surface area contributed by atoms with Crippen LogP contribution in [-0.4, -0.2) is 5.11 Å². The second kappa shape index (κ2) is 3.65. The van der Waals surface area contributed by atoms with Crippen LogP contribution in [0.3, 0.4) is 0 Å². The van der Waals surface area contributed by atoms with Crippen molar-refractivity contribution in [3.63, 3.8) is 0 Å². The molecular formula is C14H12O2. The second-order valence-corrected chi connectivity index (χ2v) is 3.93. The van der Waals surface area contributed by atoms with E-state index in [2.05, 4.69) is 0 Å². The van der Waals surface area contributed by atoms with Gasteiger partial charge in [0.15, 0.2) is 6.10 Å². The highest BCUT2D eigenvalue weighted by Gasteiger charge is 2.33.